The number of benzene rings is 2. The zero-order chi connectivity index (χ0) is 36.3. The van der Waals surface area contributed by atoms with Crippen molar-refractivity contribution in [3.05, 3.63) is 83.9 Å². The fourth-order valence-corrected chi connectivity index (χ4v) is 6.63. The van der Waals surface area contributed by atoms with Crippen LogP contribution in [0.4, 0.5) is 4.79 Å². The highest BCUT2D eigenvalue weighted by molar-refractivity contribution is 5.92. The van der Waals surface area contributed by atoms with Gasteiger partial charge in [0, 0.05) is 24.5 Å². The summed E-state index contributed by atoms with van der Waals surface area (Å²) in [4.78, 5) is 39.7. The van der Waals surface area contributed by atoms with E-state index in [1.165, 1.54) is 6.42 Å². The molecular formula is C41H61N3O6. The Kier molecular flexibility index (Phi) is 18.1. The molecule has 1 aliphatic rings. The van der Waals surface area contributed by atoms with E-state index in [2.05, 4.69) is 29.5 Å². The number of aliphatic hydroxyl groups excluding tert-OH is 2. The number of carbonyl (C=O) groups excluding carboxylic acids is 3. The van der Waals surface area contributed by atoms with Crippen LogP contribution in [0.15, 0.2) is 72.8 Å². The zero-order valence-corrected chi connectivity index (χ0v) is 30.4. The molecule has 0 unspecified atom stereocenters. The number of aliphatic hydroxyl groups is 2. The topological polar surface area (TPSA) is 137 Å². The smallest absolute Gasteiger partial charge is 0.407 e. The van der Waals surface area contributed by atoms with Gasteiger partial charge in [0.25, 0.3) is 0 Å². The third-order valence-electron chi connectivity index (χ3n) is 9.63. The van der Waals surface area contributed by atoms with Crippen LogP contribution < -0.4 is 16.0 Å². The fraction of sp³-hybridized carbons (Fsp3) is 0.585. The summed E-state index contributed by atoms with van der Waals surface area (Å²) in [5.41, 5.74) is 2.07. The third kappa shape index (κ3) is 15.1. The summed E-state index contributed by atoms with van der Waals surface area (Å²) in [6.07, 6.45) is 6.21. The second kappa shape index (κ2) is 22.2. The van der Waals surface area contributed by atoms with Crippen molar-refractivity contribution >= 4 is 17.9 Å². The van der Waals surface area contributed by atoms with Gasteiger partial charge in [-0.3, -0.25) is 9.59 Å². The minimum absolute atomic E-state index is 0.0536. The maximum Gasteiger partial charge on any atom is 0.407 e. The van der Waals surface area contributed by atoms with E-state index in [0.717, 1.165) is 49.7 Å². The molecule has 1 saturated carbocycles. The molecule has 2 aromatic carbocycles. The molecular weight excluding hydrogens is 630 g/mol. The number of rotatable bonds is 21. The first-order valence-electron chi connectivity index (χ1n) is 18.7. The van der Waals surface area contributed by atoms with Crippen molar-refractivity contribution in [3.8, 4) is 0 Å². The standard InChI is InChI=1S/C41H61N3O6/c1-5-6-22-34(26-38(46)36(25-32-18-12-8-13-19-32)44-41(49)50-28-33-20-14-9-15-21-33)40(48)43-35(24-31-16-10-7-11-17-31)37(45)23-30(4)39(47)42-27-29(2)3/h8-9,12-15,18-21,29,31,34-38,45-46H,4-7,10-11,16-17,22-28H2,1-3H3,(H,42,47)(H,43,48)(H,44,49)/t34-,35+,36+,37+,38-/m1/s1. The maximum absolute atomic E-state index is 14.1. The number of hydrogen-bond donors (Lipinski definition) is 5. The molecule has 0 spiro atoms. The van der Waals surface area contributed by atoms with Gasteiger partial charge in [0.15, 0.2) is 0 Å². The van der Waals surface area contributed by atoms with Crippen LogP contribution in [0.1, 0.15) is 103 Å². The number of unbranched alkanes of at least 4 members (excludes halogenated alkanes) is 1. The van der Waals surface area contributed by atoms with E-state index in [1.807, 2.05) is 74.5 Å². The molecule has 9 heteroatoms. The average molecular weight is 692 g/mol. The van der Waals surface area contributed by atoms with Gasteiger partial charge in [0.1, 0.15) is 6.61 Å². The molecule has 0 aliphatic heterocycles. The molecule has 3 amide bonds. The van der Waals surface area contributed by atoms with Crippen LogP contribution in [-0.2, 0) is 27.4 Å². The Morgan fingerprint density at radius 1 is 0.880 bits per heavy atom. The van der Waals surface area contributed by atoms with Gasteiger partial charge in [0.05, 0.1) is 24.3 Å². The molecule has 2 aromatic rings. The van der Waals surface area contributed by atoms with E-state index < -0.39 is 36.3 Å². The molecule has 1 aliphatic carbocycles. The van der Waals surface area contributed by atoms with E-state index in [9.17, 15) is 24.6 Å². The van der Waals surface area contributed by atoms with Gasteiger partial charge in [-0.15, -0.1) is 0 Å². The monoisotopic (exact) mass is 691 g/mol. The predicted molar refractivity (Wildman–Crippen MR) is 198 cm³/mol. The molecule has 0 radical (unpaired) electrons. The minimum atomic E-state index is -1.04. The number of alkyl carbamates (subject to hydrolysis) is 1. The summed E-state index contributed by atoms with van der Waals surface area (Å²) in [7, 11) is 0. The van der Waals surface area contributed by atoms with Crippen LogP contribution >= 0.6 is 0 Å². The number of hydrogen-bond acceptors (Lipinski definition) is 6. The van der Waals surface area contributed by atoms with Crippen molar-refractivity contribution in [3.63, 3.8) is 0 Å². The molecule has 50 heavy (non-hydrogen) atoms. The molecule has 3 rings (SSSR count). The van der Waals surface area contributed by atoms with Gasteiger partial charge in [-0.1, -0.05) is 133 Å². The SMILES string of the molecule is C=C(C[C@H](O)[C@H](CC1CCCCC1)NC(=O)[C@H](CCCC)C[C@@H](O)[C@H](Cc1ccccc1)NC(=O)OCc1ccccc1)C(=O)NCC(C)C. The maximum atomic E-state index is 14.1. The van der Waals surface area contributed by atoms with Crippen molar-refractivity contribution in [1.29, 1.82) is 0 Å². The molecule has 0 bridgehead atoms. The Labute approximate surface area is 299 Å². The van der Waals surface area contributed by atoms with Crippen molar-refractivity contribution in [2.24, 2.45) is 17.8 Å². The quantitative estimate of drug-likeness (QED) is 0.0935. The van der Waals surface area contributed by atoms with Gasteiger partial charge in [-0.05, 0) is 48.6 Å². The second-order valence-corrected chi connectivity index (χ2v) is 14.5. The van der Waals surface area contributed by atoms with Gasteiger partial charge < -0.3 is 30.9 Å². The summed E-state index contributed by atoms with van der Waals surface area (Å²) >= 11 is 0. The Balaban J connectivity index is 1.74. The Morgan fingerprint density at radius 3 is 2.14 bits per heavy atom. The molecule has 9 nitrogen and oxygen atoms in total. The lowest BCUT2D eigenvalue weighted by atomic mass is 9.82. The van der Waals surface area contributed by atoms with E-state index in [1.54, 1.807) is 0 Å². The van der Waals surface area contributed by atoms with E-state index in [0.29, 0.717) is 31.7 Å². The molecule has 5 N–H and O–H groups in total. The van der Waals surface area contributed by atoms with Gasteiger partial charge in [-0.25, -0.2) is 4.79 Å². The van der Waals surface area contributed by atoms with Crippen molar-refractivity contribution in [2.75, 3.05) is 6.54 Å². The number of ether oxygens (including phenoxy) is 1. The summed E-state index contributed by atoms with van der Waals surface area (Å²) in [6, 6.07) is 17.7. The highest BCUT2D eigenvalue weighted by Gasteiger charge is 2.33. The second-order valence-electron chi connectivity index (χ2n) is 14.5. The Bertz CT molecular complexity index is 1300. The van der Waals surface area contributed by atoms with E-state index in [4.69, 9.17) is 4.74 Å². The van der Waals surface area contributed by atoms with Crippen LogP contribution in [0, 0.1) is 17.8 Å². The highest BCUT2D eigenvalue weighted by atomic mass is 16.5. The minimum Gasteiger partial charge on any atom is -0.445 e. The molecule has 1 fully saturated rings. The molecule has 0 heterocycles. The number of nitrogens with one attached hydrogen (secondary N) is 3. The summed E-state index contributed by atoms with van der Waals surface area (Å²) in [5, 5.41) is 32.0. The molecule has 5 atom stereocenters. The highest BCUT2D eigenvalue weighted by Crippen LogP contribution is 2.29. The van der Waals surface area contributed by atoms with Gasteiger partial charge >= 0.3 is 6.09 Å². The average Bonchev–Trinajstić information content (AvgIpc) is 3.11. The summed E-state index contributed by atoms with van der Waals surface area (Å²) < 4.78 is 5.49. The van der Waals surface area contributed by atoms with Crippen molar-refractivity contribution < 1.29 is 29.3 Å². The first-order chi connectivity index (χ1) is 24.0. The van der Waals surface area contributed by atoms with Crippen molar-refractivity contribution in [2.45, 2.75) is 129 Å². The lowest BCUT2D eigenvalue weighted by Crippen LogP contribution is -2.50. The first kappa shape index (κ1) is 40.7. The first-order valence-corrected chi connectivity index (χ1v) is 18.7. The van der Waals surface area contributed by atoms with Crippen LogP contribution in [0.3, 0.4) is 0 Å². The largest absolute Gasteiger partial charge is 0.445 e. The Hall–Kier alpha value is -3.69. The summed E-state index contributed by atoms with van der Waals surface area (Å²) in [5.74, 6) is -0.425. The molecule has 276 valence electrons. The number of amides is 3. The van der Waals surface area contributed by atoms with Crippen LogP contribution in [0.25, 0.3) is 0 Å². The normalized spacial score (nSPS) is 16.4. The molecule has 0 saturated heterocycles. The van der Waals surface area contributed by atoms with Crippen LogP contribution in [-0.4, -0.2) is 59.0 Å². The lowest BCUT2D eigenvalue weighted by molar-refractivity contribution is -0.128. The van der Waals surface area contributed by atoms with Gasteiger partial charge in [-0.2, -0.15) is 0 Å². The number of carbonyl (C=O) groups is 3. The van der Waals surface area contributed by atoms with E-state index >= 15 is 0 Å². The fourth-order valence-electron chi connectivity index (χ4n) is 6.63. The van der Waals surface area contributed by atoms with E-state index in [-0.39, 0.29) is 42.8 Å². The predicted octanol–water partition coefficient (Wildman–Crippen LogP) is 6.62. The Morgan fingerprint density at radius 2 is 1.52 bits per heavy atom. The zero-order valence-electron chi connectivity index (χ0n) is 30.4. The summed E-state index contributed by atoms with van der Waals surface area (Å²) in [6.45, 7) is 10.6. The van der Waals surface area contributed by atoms with Crippen LogP contribution in [0.2, 0.25) is 0 Å². The molecule has 0 aromatic heterocycles. The van der Waals surface area contributed by atoms with Crippen molar-refractivity contribution in [1.82, 2.24) is 16.0 Å². The third-order valence-corrected chi connectivity index (χ3v) is 9.63. The van der Waals surface area contributed by atoms with Gasteiger partial charge in [0.2, 0.25) is 11.8 Å². The van der Waals surface area contributed by atoms with Crippen LogP contribution in [0.5, 0.6) is 0 Å². The lowest BCUT2D eigenvalue weighted by Gasteiger charge is -2.32.